The molecule has 3 rings (SSSR count). The van der Waals surface area contributed by atoms with Crippen LogP contribution < -0.4 is 5.32 Å². The van der Waals surface area contributed by atoms with E-state index in [9.17, 15) is 15.2 Å². The van der Waals surface area contributed by atoms with Crippen molar-refractivity contribution in [3.8, 4) is 6.07 Å². The van der Waals surface area contributed by atoms with Gasteiger partial charge in [-0.2, -0.15) is 10.4 Å². The number of carbonyl (C=O) groups excluding carboxylic acids is 1. The van der Waals surface area contributed by atoms with Crippen LogP contribution in [0.15, 0.2) is 18.5 Å². The number of hydrogen-bond donors (Lipinski definition) is 3. The second kappa shape index (κ2) is 9.45. The molecule has 2 atom stereocenters. The van der Waals surface area contributed by atoms with Crippen LogP contribution in [-0.4, -0.2) is 49.4 Å². The molecule has 2 aromatic heterocycles. The third-order valence-electron chi connectivity index (χ3n) is 4.29. The summed E-state index contributed by atoms with van der Waals surface area (Å²) in [5.74, 6) is -0.313. The highest BCUT2D eigenvalue weighted by Gasteiger charge is 2.44. The van der Waals surface area contributed by atoms with E-state index in [-0.39, 0.29) is 24.5 Å². The van der Waals surface area contributed by atoms with E-state index in [1.54, 1.807) is 16.6 Å². The zero-order valence-corrected chi connectivity index (χ0v) is 16.6. The zero-order valence-electron chi connectivity index (χ0n) is 16.6. The van der Waals surface area contributed by atoms with Crippen LogP contribution in [0.3, 0.4) is 0 Å². The fraction of sp³-hybridized carbons (Fsp3) is 0.526. The van der Waals surface area contributed by atoms with Gasteiger partial charge in [-0.05, 0) is 30.9 Å². The molecule has 1 fully saturated rings. The molecule has 0 spiro atoms. The fourth-order valence-electron chi connectivity index (χ4n) is 3.11. The predicted octanol–water partition coefficient (Wildman–Crippen LogP) is 1.69. The van der Waals surface area contributed by atoms with Crippen molar-refractivity contribution in [1.29, 1.82) is 5.26 Å². The summed E-state index contributed by atoms with van der Waals surface area (Å²) in [5, 5.41) is 33.4. The van der Waals surface area contributed by atoms with Gasteiger partial charge in [-0.15, -0.1) is 0 Å². The summed E-state index contributed by atoms with van der Waals surface area (Å²) in [4.78, 5) is 25.2. The fourth-order valence-corrected chi connectivity index (χ4v) is 3.11. The quantitative estimate of drug-likeness (QED) is 0.682. The van der Waals surface area contributed by atoms with Crippen molar-refractivity contribution < 1.29 is 24.5 Å². The maximum Gasteiger partial charge on any atom is 0.300 e. The Kier molecular flexibility index (Phi) is 7.25. The Labute approximate surface area is 168 Å². The number of hydrogen-bond acceptors (Lipinski definition) is 7. The number of nitrogens with zero attached hydrogens (tertiary/aromatic N) is 4. The first-order valence-corrected chi connectivity index (χ1v) is 9.25. The summed E-state index contributed by atoms with van der Waals surface area (Å²) >= 11 is 0. The van der Waals surface area contributed by atoms with Gasteiger partial charge in [-0.25, -0.2) is 9.50 Å². The molecule has 10 heteroatoms. The summed E-state index contributed by atoms with van der Waals surface area (Å²) in [7, 11) is 0. The number of aliphatic hydroxyl groups excluding tert-OH is 1. The van der Waals surface area contributed by atoms with Gasteiger partial charge in [0.2, 0.25) is 5.91 Å². The van der Waals surface area contributed by atoms with Crippen LogP contribution in [0, 0.1) is 17.2 Å². The summed E-state index contributed by atoms with van der Waals surface area (Å²) in [6.45, 7) is 4.89. The minimum absolute atomic E-state index is 0.120. The van der Waals surface area contributed by atoms with Gasteiger partial charge in [0.25, 0.3) is 5.97 Å². The Hall–Kier alpha value is -3.03. The van der Waals surface area contributed by atoms with Crippen molar-refractivity contribution in [3.05, 3.63) is 24.2 Å². The monoisotopic (exact) mass is 403 g/mol. The highest BCUT2D eigenvalue weighted by atomic mass is 16.5. The molecule has 0 aliphatic carbocycles. The van der Waals surface area contributed by atoms with Crippen molar-refractivity contribution in [3.63, 3.8) is 0 Å². The molecule has 0 radical (unpaired) electrons. The number of anilines is 1. The van der Waals surface area contributed by atoms with Gasteiger partial charge in [0.1, 0.15) is 17.9 Å². The number of carboxylic acids is 1. The van der Waals surface area contributed by atoms with Crippen LogP contribution in [0.2, 0.25) is 0 Å². The van der Waals surface area contributed by atoms with Gasteiger partial charge in [0, 0.05) is 13.3 Å². The smallest absolute Gasteiger partial charge is 0.300 e. The van der Waals surface area contributed by atoms with E-state index in [4.69, 9.17) is 14.6 Å². The number of aliphatic carboxylic acids is 1. The first kappa shape index (κ1) is 22.3. The predicted molar refractivity (Wildman–Crippen MR) is 103 cm³/mol. The van der Waals surface area contributed by atoms with Crippen LogP contribution in [0.25, 0.3) is 5.52 Å². The molecule has 0 bridgehead atoms. The summed E-state index contributed by atoms with van der Waals surface area (Å²) < 4.78 is 7.36. The Morgan fingerprint density at radius 3 is 2.72 bits per heavy atom. The second-order valence-electron chi connectivity index (χ2n) is 7.19. The van der Waals surface area contributed by atoms with Gasteiger partial charge < -0.3 is 20.3 Å². The topological polar surface area (TPSA) is 150 Å². The van der Waals surface area contributed by atoms with E-state index >= 15 is 0 Å². The molecular weight excluding hydrogens is 378 g/mol. The van der Waals surface area contributed by atoms with E-state index in [1.807, 2.05) is 13.8 Å². The molecular formula is C19H25N5O5. The highest BCUT2D eigenvalue weighted by Crippen LogP contribution is 2.39. The molecule has 0 saturated carbocycles. The van der Waals surface area contributed by atoms with E-state index in [0.717, 1.165) is 6.92 Å². The first-order valence-electron chi connectivity index (χ1n) is 9.25. The molecule has 1 aliphatic rings. The number of fused-ring (bicyclic) bond motifs is 1. The van der Waals surface area contributed by atoms with Crippen molar-refractivity contribution in [1.82, 2.24) is 14.6 Å². The maximum absolute atomic E-state index is 12.0. The minimum atomic E-state index is -1.16. The standard InChI is InChI=1S/C17H21N5O3.C2H4O2/c1-11(2)7-15(24)21-16-13-3-4-14(22(13)20-10-19-16)17(9-18)6-5-12(8-23)25-17;1-2(3)4/h3-4,10-12,23H,5-8H2,1-2H3,(H,19,20,21,24);1H3,(H,3,4). The average molecular weight is 403 g/mol. The Morgan fingerprint density at radius 1 is 1.48 bits per heavy atom. The summed E-state index contributed by atoms with van der Waals surface area (Å²) in [5.41, 5.74) is 0.0101. The van der Waals surface area contributed by atoms with E-state index in [1.165, 1.54) is 6.33 Å². The van der Waals surface area contributed by atoms with E-state index in [2.05, 4.69) is 21.5 Å². The van der Waals surface area contributed by atoms with Gasteiger partial charge >= 0.3 is 0 Å². The molecule has 2 unspecified atom stereocenters. The number of carbonyl (C=O) groups is 2. The molecule has 3 heterocycles. The first-order chi connectivity index (χ1) is 13.7. The molecule has 156 valence electrons. The van der Waals surface area contributed by atoms with Crippen molar-refractivity contribution in [2.24, 2.45) is 5.92 Å². The van der Waals surface area contributed by atoms with Crippen molar-refractivity contribution in [2.75, 3.05) is 11.9 Å². The van der Waals surface area contributed by atoms with Crippen LogP contribution in [0.4, 0.5) is 5.82 Å². The largest absolute Gasteiger partial charge is 0.481 e. The number of amides is 1. The number of ether oxygens (including phenoxy) is 1. The van der Waals surface area contributed by atoms with Gasteiger partial charge in [-0.1, -0.05) is 13.8 Å². The lowest BCUT2D eigenvalue weighted by atomic mass is 9.98. The van der Waals surface area contributed by atoms with Gasteiger partial charge in [-0.3, -0.25) is 9.59 Å². The lowest BCUT2D eigenvalue weighted by molar-refractivity contribution is -0.134. The number of nitriles is 1. The van der Waals surface area contributed by atoms with Crippen molar-refractivity contribution in [2.45, 2.75) is 51.7 Å². The molecule has 2 aromatic rings. The molecule has 1 aliphatic heterocycles. The summed E-state index contributed by atoms with van der Waals surface area (Å²) in [6.07, 6.45) is 2.44. The third kappa shape index (κ3) is 5.28. The lowest BCUT2D eigenvalue weighted by Gasteiger charge is -2.21. The number of rotatable bonds is 5. The van der Waals surface area contributed by atoms with Crippen LogP contribution in [0.5, 0.6) is 0 Å². The molecule has 10 nitrogen and oxygen atoms in total. The summed E-state index contributed by atoms with van der Waals surface area (Å²) in [6, 6.07) is 5.73. The van der Waals surface area contributed by atoms with Crippen molar-refractivity contribution >= 4 is 23.2 Å². The lowest BCUT2D eigenvalue weighted by Crippen LogP contribution is -2.28. The number of aromatic nitrogens is 3. The molecule has 0 aromatic carbocycles. The SMILES string of the molecule is CC(=O)O.CC(C)CC(=O)Nc1ncnn2c(C3(C#N)CCC(CO)O3)ccc12. The average Bonchev–Trinajstić information content (AvgIpc) is 3.25. The van der Waals surface area contributed by atoms with E-state index < -0.39 is 11.6 Å². The number of aliphatic hydroxyl groups is 1. The number of carboxylic acid groups (broad SMARTS) is 1. The minimum Gasteiger partial charge on any atom is -0.481 e. The normalized spacial score (nSPS) is 20.8. The maximum atomic E-state index is 12.0. The zero-order chi connectivity index (χ0) is 21.6. The third-order valence-corrected chi connectivity index (χ3v) is 4.29. The van der Waals surface area contributed by atoms with E-state index in [0.29, 0.717) is 36.3 Å². The second-order valence-corrected chi connectivity index (χ2v) is 7.19. The molecule has 1 saturated heterocycles. The molecule has 29 heavy (non-hydrogen) atoms. The van der Waals surface area contributed by atoms with Gasteiger partial charge in [0.05, 0.1) is 18.4 Å². The Balaban J connectivity index is 0.000000687. The van der Waals surface area contributed by atoms with Crippen LogP contribution >= 0.6 is 0 Å². The van der Waals surface area contributed by atoms with Crippen LogP contribution in [-0.2, 0) is 19.9 Å². The Morgan fingerprint density at radius 2 is 2.17 bits per heavy atom. The Bertz CT molecular complexity index is 915. The number of nitrogens with one attached hydrogen (secondary N) is 1. The van der Waals surface area contributed by atoms with Gasteiger partial charge in [0.15, 0.2) is 11.4 Å². The van der Waals surface area contributed by atoms with Crippen LogP contribution in [0.1, 0.15) is 45.7 Å². The molecule has 1 amide bonds. The molecule has 3 N–H and O–H groups in total. The highest BCUT2D eigenvalue weighted by molar-refractivity contribution is 5.93.